The molecule has 0 heterocycles. The summed E-state index contributed by atoms with van der Waals surface area (Å²) in [4.78, 5) is 12.6. The van der Waals surface area contributed by atoms with Crippen LogP contribution in [0.2, 0.25) is 0 Å². The molecule has 0 aliphatic heterocycles. The Hall–Kier alpha value is -1.74. The van der Waals surface area contributed by atoms with E-state index in [0.717, 1.165) is 10.6 Å². The normalized spacial score (nSPS) is 11.9. The van der Waals surface area contributed by atoms with Crippen LogP contribution < -0.4 is 4.74 Å². The summed E-state index contributed by atoms with van der Waals surface area (Å²) >= 11 is 1.70. The zero-order valence-corrected chi connectivity index (χ0v) is 12.5. The van der Waals surface area contributed by atoms with Crippen LogP contribution >= 0.6 is 11.8 Å². The third-order valence-electron chi connectivity index (χ3n) is 2.96. The third-order valence-corrected chi connectivity index (χ3v) is 4.21. The van der Waals surface area contributed by atoms with Gasteiger partial charge in [-0.3, -0.25) is 4.79 Å². The van der Waals surface area contributed by atoms with Crippen molar-refractivity contribution in [2.24, 2.45) is 0 Å². The van der Waals surface area contributed by atoms with E-state index in [1.165, 1.54) is 5.56 Å². The van der Waals surface area contributed by atoms with Gasteiger partial charge in [-0.25, -0.2) is 0 Å². The Labute approximate surface area is 124 Å². The molecule has 0 amide bonds. The molecule has 1 unspecified atom stereocenters. The standard InChI is InChI=1S/C17H18O2S/c1-13(18)11-17(14-7-4-3-5-8-14)20-16-10-6-9-15(12-16)19-2/h3-10,12,17H,11H2,1-2H3. The van der Waals surface area contributed by atoms with Crippen molar-refractivity contribution >= 4 is 17.5 Å². The van der Waals surface area contributed by atoms with Gasteiger partial charge in [0, 0.05) is 16.6 Å². The van der Waals surface area contributed by atoms with Gasteiger partial charge < -0.3 is 4.74 Å². The number of benzene rings is 2. The molecule has 0 saturated carbocycles. The molecule has 2 aromatic carbocycles. The van der Waals surface area contributed by atoms with Crippen molar-refractivity contribution in [3.63, 3.8) is 0 Å². The van der Waals surface area contributed by atoms with Crippen LogP contribution in [0.5, 0.6) is 5.75 Å². The van der Waals surface area contributed by atoms with Crippen molar-refractivity contribution in [2.75, 3.05) is 7.11 Å². The fraction of sp³-hybridized carbons (Fsp3) is 0.235. The van der Waals surface area contributed by atoms with Crippen molar-refractivity contribution in [2.45, 2.75) is 23.5 Å². The molecule has 0 radical (unpaired) electrons. The summed E-state index contributed by atoms with van der Waals surface area (Å²) in [7, 11) is 1.66. The summed E-state index contributed by atoms with van der Waals surface area (Å²) in [6.45, 7) is 1.64. The minimum atomic E-state index is 0.140. The molecule has 0 aromatic heterocycles. The molecule has 3 heteroatoms. The number of rotatable bonds is 6. The van der Waals surface area contributed by atoms with Gasteiger partial charge in [0.15, 0.2) is 0 Å². The van der Waals surface area contributed by atoms with E-state index in [1.807, 2.05) is 42.5 Å². The summed E-state index contributed by atoms with van der Waals surface area (Å²) in [6, 6.07) is 18.1. The van der Waals surface area contributed by atoms with Gasteiger partial charge in [-0.05, 0) is 30.7 Å². The quantitative estimate of drug-likeness (QED) is 0.731. The van der Waals surface area contributed by atoms with Crippen molar-refractivity contribution in [3.8, 4) is 5.75 Å². The Morgan fingerprint density at radius 1 is 1.15 bits per heavy atom. The lowest BCUT2D eigenvalue weighted by Crippen LogP contribution is -2.00. The highest BCUT2D eigenvalue weighted by molar-refractivity contribution is 7.99. The highest BCUT2D eigenvalue weighted by Crippen LogP contribution is 2.38. The van der Waals surface area contributed by atoms with Crippen molar-refractivity contribution in [1.29, 1.82) is 0 Å². The lowest BCUT2D eigenvalue weighted by molar-refractivity contribution is -0.117. The summed E-state index contributed by atoms with van der Waals surface area (Å²) in [5.74, 6) is 1.04. The number of carbonyl (C=O) groups excluding carboxylic acids is 1. The minimum absolute atomic E-state index is 0.140. The van der Waals surface area contributed by atoms with Crippen molar-refractivity contribution < 1.29 is 9.53 Å². The van der Waals surface area contributed by atoms with Crippen LogP contribution in [0.4, 0.5) is 0 Å². The molecule has 2 nitrogen and oxygen atoms in total. The van der Waals surface area contributed by atoms with Crippen LogP contribution in [0.25, 0.3) is 0 Å². The summed E-state index contributed by atoms with van der Waals surface area (Å²) in [5, 5.41) is 0.140. The van der Waals surface area contributed by atoms with E-state index in [9.17, 15) is 4.79 Å². The summed E-state index contributed by atoms with van der Waals surface area (Å²) < 4.78 is 5.24. The second-order valence-electron chi connectivity index (χ2n) is 4.60. The Balaban J connectivity index is 2.21. The molecular weight excluding hydrogens is 268 g/mol. The Morgan fingerprint density at radius 3 is 2.55 bits per heavy atom. The van der Waals surface area contributed by atoms with E-state index in [4.69, 9.17) is 4.74 Å². The van der Waals surface area contributed by atoms with E-state index in [2.05, 4.69) is 12.1 Å². The highest BCUT2D eigenvalue weighted by atomic mass is 32.2. The number of hydrogen-bond donors (Lipinski definition) is 0. The molecule has 0 saturated heterocycles. The van der Waals surface area contributed by atoms with E-state index in [0.29, 0.717) is 6.42 Å². The largest absolute Gasteiger partial charge is 0.497 e. The molecule has 2 aromatic rings. The van der Waals surface area contributed by atoms with Gasteiger partial charge in [-0.2, -0.15) is 0 Å². The number of ether oxygens (including phenoxy) is 1. The SMILES string of the molecule is COc1cccc(SC(CC(C)=O)c2ccccc2)c1. The van der Waals surface area contributed by atoms with Gasteiger partial charge in [-0.15, -0.1) is 11.8 Å². The van der Waals surface area contributed by atoms with Crippen molar-refractivity contribution in [1.82, 2.24) is 0 Å². The number of carbonyl (C=O) groups is 1. The fourth-order valence-electron chi connectivity index (χ4n) is 2.00. The maximum absolute atomic E-state index is 11.5. The monoisotopic (exact) mass is 286 g/mol. The van der Waals surface area contributed by atoms with Crippen LogP contribution in [0.3, 0.4) is 0 Å². The maximum atomic E-state index is 11.5. The summed E-state index contributed by atoms with van der Waals surface area (Å²) in [6.07, 6.45) is 0.534. The first-order valence-corrected chi connectivity index (χ1v) is 7.42. The number of thioether (sulfide) groups is 1. The van der Waals surface area contributed by atoms with Gasteiger partial charge in [0.05, 0.1) is 7.11 Å². The highest BCUT2D eigenvalue weighted by Gasteiger charge is 2.15. The average molecular weight is 286 g/mol. The number of ketones is 1. The van der Waals surface area contributed by atoms with Gasteiger partial charge in [0.2, 0.25) is 0 Å². The smallest absolute Gasteiger partial charge is 0.131 e. The molecule has 0 N–H and O–H groups in total. The molecule has 1 atom stereocenters. The molecular formula is C17H18O2S. The van der Waals surface area contributed by atoms with Crippen LogP contribution in [0.1, 0.15) is 24.2 Å². The van der Waals surface area contributed by atoms with Crippen LogP contribution in [-0.4, -0.2) is 12.9 Å². The molecule has 2 rings (SSSR count). The third kappa shape index (κ3) is 4.14. The molecule has 104 valence electrons. The molecule has 20 heavy (non-hydrogen) atoms. The molecule has 0 aliphatic carbocycles. The second kappa shape index (κ2) is 7.15. The molecule has 0 aliphatic rings. The Morgan fingerprint density at radius 2 is 1.90 bits per heavy atom. The fourth-order valence-corrected chi connectivity index (χ4v) is 3.28. The Kier molecular flexibility index (Phi) is 5.24. The lowest BCUT2D eigenvalue weighted by atomic mass is 10.1. The van der Waals surface area contributed by atoms with Gasteiger partial charge in [-0.1, -0.05) is 36.4 Å². The van der Waals surface area contributed by atoms with Gasteiger partial charge in [0.25, 0.3) is 0 Å². The predicted molar refractivity (Wildman–Crippen MR) is 83.3 cm³/mol. The second-order valence-corrected chi connectivity index (χ2v) is 5.88. The first-order chi connectivity index (χ1) is 9.69. The summed E-state index contributed by atoms with van der Waals surface area (Å²) in [5.41, 5.74) is 1.18. The first-order valence-electron chi connectivity index (χ1n) is 6.54. The number of methoxy groups -OCH3 is 1. The lowest BCUT2D eigenvalue weighted by Gasteiger charge is -2.16. The maximum Gasteiger partial charge on any atom is 0.131 e. The predicted octanol–water partition coefficient (Wildman–Crippen LogP) is 4.51. The zero-order chi connectivity index (χ0) is 14.4. The van der Waals surface area contributed by atoms with Crippen LogP contribution in [0.15, 0.2) is 59.5 Å². The van der Waals surface area contributed by atoms with Gasteiger partial charge >= 0.3 is 0 Å². The minimum Gasteiger partial charge on any atom is -0.497 e. The van der Waals surface area contributed by atoms with Gasteiger partial charge in [0.1, 0.15) is 11.5 Å². The number of Topliss-reactive ketones (excluding diaryl/α,β-unsaturated/α-hetero) is 1. The van der Waals surface area contributed by atoms with Crippen LogP contribution in [-0.2, 0) is 4.79 Å². The molecule has 0 spiro atoms. The molecule has 0 bridgehead atoms. The first kappa shape index (κ1) is 14.7. The topological polar surface area (TPSA) is 26.3 Å². The zero-order valence-electron chi connectivity index (χ0n) is 11.7. The van der Waals surface area contributed by atoms with Crippen molar-refractivity contribution in [3.05, 3.63) is 60.2 Å². The molecule has 0 fully saturated rings. The van der Waals surface area contributed by atoms with E-state index in [1.54, 1.807) is 25.8 Å². The number of hydrogen-bond acceptors (Lipinski definition) is 3. The van der Waals surface area contributed by atoms with E-state index in [-0.39, 0.29) is 11.0 Å². The van der Waals surface area contributed by atoms with E-state index >= 15 is 0 Å². The average Bonchev–Trinajstić information content (AvgIpc) is 2.47. The van der Waals surface area contributed by atoms with E-state index < -0.39 is 0 Å². The van der Waals surface area contributed by atoms with Crippen LogP contribution in [0, 0.1) is 0 Å². The Bertz CT molecular complexity index is 566.